The molecule has 0 aliphatic rings. The molecule has 1 rings (SSSR count). The minimum atomic E-state index is -1.20. The van der Waals surface area contributed by atoms with Crippen molar-refractivity contribution in [3.63, 3.8) is 0 Å². The van der Waals surface area contributed by atoms with Crippen LogP contribution in [0.5, 0.6) is 0 Å². The number of nitrogens with one attached hydrogen (secondary N) is 1. The number of hydrogen-bond donors (Lipinski definition) is 2. The molecule has 4 heteroatoms. The number of hydrogen-bond acceptors (Lipinski definition) is 2. The summed E-state index contributed by atoms with van der Waals surface area (Å²) < 4.78 is 0. The van der Waals surface area contributed by atoms with Crippen molar-refractivity contribution in [1.82, 2.24) is 5.32 Å². The maximum absolute atomic E-state index is 12.1. The minimum absolute atomic E-state index is 0.0584. The Kier molecular flexibility index (Phi) is 5.94. The highest BCUT2D eigenvalue weighted by Crippen LogP contribution is 2.28. The lowest BCUT2D eigenvalue weighted by Gasteiger charge is -2.25. The first-order valence-electron chi connectivity index (χ1n) is 7.33. The molecule has 0 aliphatic heterocycles. The Morgan fingerprint density at radius 1 is 1.19 bits per heavy atom. The Morgan fingerprint density at radius 3 is 2.24 bits per heavy atom. The zero-order valence-corrected chi connectivity index (χ0v) is 13.2. The molecular formula is C17H25NO3. The number of carboxylic acids is 1. The lowest BCUT2D eigenvalue weighted by atomic mass is 9.79. The van der Waals surface area contributed by atoms with E-state index in [2.05, 4.69) is 26.1 Å². The van der Waals surface area contributed by atoms with Gasteiger partial charge in [-0.3, -0.25) is 9.59 Å². The van der Waals surface area contributed by atoms with Crippen molar-refractivity contribution in [2.45, 2.75) is 39.5 Å². The molecule has 2 N–H and O–H groups in total. The van der Waals surface area contributed by atoms with E-state index in [0.717, 1.165) is 0 Å². The summed E-state index contributed by atoms with van der Waals surface area (Å²) in [7, 11) is 0. The SMILES string of the molecule is CC(C)C(C)CNC(=O)CC(C)(C(=O)O)c1ccccc1. The van der Waals surface area contributed by atoms with Crippen molar-refractivity contribution >= 4 is 11.9 Å². The second-order valence-corrected chi connectivity index (χ2v) is 6.21. The van der Waals surface area contributed by atoms with Gasteiger partial charge in [-0.05, 0) is 24.3 Å². The summed E-state index contributed by atoms with van der Waals surface area (Å²) in [6.07, 6.45) is -0.0584. The maximum atomic E-state index is 12.1. The van der Waals surface area contributed by atoms with Crippen LogP contribution in [0.25, 0.3) is 0 Å². The third-order valence-corrected chi connectivity index (χ3v) is 4.16. The van der Waals surface area contributed by atoms with Gasteiger partial charge in [-0.2, -0.15) is 0 Å². The van der Waals surface area contributed by atoms with Gasteiger partial charge in [-0.25, -0.2) is 0 Å². The molecule has 0 radical (unpaired) electrons. The number of rotatable bonds is 7. The summed E-state index contributed by atoms with van der Waals surface area (Å²) in [5, 5.41) is 12.4. The average molecular weight is 291 g/mol. The molecule has 0 bridgehead atoms. The Balaban J connectivity index is 2.76. The number of aliphatic carboxylic acids is 1. The highest BCUT2D eigenvalue weighted by Gasteiger charge is 2.37. The molecule has 4 nitrogen and oxygen atoms in total. The molecule has 2 atom stereocenters. The molecule has 21 heavy (non-hydrogen) atoms. The van der Waals surface area contributed by atoms with Crippen LogP contribution in [0, 0.1) is 11.8 Å². The molecule has 0 fully saturated rings. The fourth-order valence-electron chi connectivity index (χ4n) is 2.00. The van der Waals surface area contributed by atoms with Crippen LogP contribution >= 0.6 is 0 Å². The van der Waals surface area contributed by atoms with Gasteiger partial charge in [0.15, 0.2) is 0 Å². The Hall–Kier alpha value is -1.84. The number of amides is 1. The summed E-state index contributed by atoms with van der Waals surface area (Å²) in [4.78, 5) is 23.7. The van der Waals surface area contributed by atoms with Gasteiger partial charge in [0.1, 0.15) is 0 Å². The molecule has 0 saturated heterocycles. The second kappa shape index (κ2) is 7.25. The average Bonchev–Trinajstić information content (AvgIpc) is 2.45. The van der Waals surface area contributed by atoms with Crippen molar-refractivity contribution in [2.24, 2.45) is 11.8 Å². The number of carboxylic acid groups (broad SMARTS) is 1. The molecule has 0 heterocycles. The Labute approximate surface area is 126 Å². The predicted molar refractivity (Wildman–Crippen MR) is 83.1 cm³/mol. The zero-order valence-electron chi connectivity index (χ0n) is 13.2. The molecule has 1 amide bonds. The standard InChI is InChI=1S/C17H25NO3/c1-12(2)13(3)11-18-15(19)10-17(4,16(20)21)14-8-6-5-7-9-14/h5-9,12-13H,10-11H2,1-4H3,(H,18,19)(H,20,21). The van der Waals surface area contributed by atoms with Crippen LogP contribution in [0.2, 0.25) is 0 Å². The minimum Gasteiger partial charge on any atom is -0.481 e. The summed E-state index contributed by atoms with van der Waals surface area (Å²) >= 11 is 0. The molecule has 0 saturated carbocycles. The zero-order chi connectivity index (χ0) is 16.0. The van der Waals surface area contributed by atoms with Gasteiger partial charge in [0, 0.05) is 13.0 Å². The molecule has 1 aromatic rings. The van der Waals surface area contributed by atoms with E-state index in [1.807, 2.05) is 6.07 Å². The normalized spacial score (nSPS) is 15.3. The predicted octanol–water partition coefficient (Wildman–Crippen LogP) is 2.83. The molecule has 1 aromatic carbocycles. The quantitative estimate of drug-likeness (QED) is 0.812. The fraction of sp³-hybridized carbons (Fsp3) is 0.529. The van der Waals surface area contributed by atoms with Crippen molar-refractivity contribution in [2.75, 3.05) is 6.54 Å². The molecule has 0 aromatic heterocycles. The van der Waals surface area contributed by atoms with E-state index in [9.17, 15) is 14.7 Å². The monoisotopic (exact) mass is 291 g/mol. The van der Waals surface area contributed by atoms with E-state index in [1.54, 1.807) is 31.2 Å². The van der Waals surface area contributed by atoms with Crippen LogP contribution < -0.4 is 5.32 Å². The lowest BCUT2D eigenvalue weighted by Crippen LogP contribution is -2.40. The summed E-state index contributed by atoms with van der Waals surface area (Å²) in [6, 6.07) is 8.90. The van der Waals surface area contributed by atoms with E-state index in [-0.39, 0.29) is 12.3 Å². The van der Waals surface area contributed by atoms with E-state index < -0.39 is 11.4 Å². The van der Waals surface area contributed by atoms with Crippen LogP contribution in [0.15, 0.2) is 30.3 Å². The van der Waals surface area contributed by atoms with Crippen LogP contribution in [-0.2, 0) is 15.0 Å². The molecular weight excluding hydrogens is 266 g/mol. The highest BCUT2D eigenvalue weighted by atomic mass is 16.4. The topological polar surface area (TPSA) is 66.4 Å². The van der Waals surface area contributed by atoms with Gasteiger partial charge in [0.05, 0.1) is 5.41 Å². The number of carbonyl (C=O) groups is 2. The highest BCUT2D eigenvalue weighted by molar-refractivity contribution is 5.89. The van der Waals surface area contributed by atoms with Gasteiger partial charge in [-0.1, -0.05) is 51.1 Å². The van der Waals surface area contributed by atoms with E-state index >= 15 is 0 Å². The third-order valence-electron chi connectivity index (χ3n) is 4.16. The van der Waals surface area contributed by atoms with Gasteiger partial charge >= 0.3 is 5.97 Å². The maximum Gasteiger partial charge on any atom is 0.314 e. The van der Waals surface area contributed by atoms with Crippen molar-refractivity contribution < 1.29 is 14.7 Å². The molecule has 0 spiro atoms. The van der Waals surface area contributed by atoms with Crippen LogP contribution in [0.3, 0.4) is 0 Å². The Morgan fingerprint density at radius 2 is 1.76 bits per heavy atom. The van der Waals surface area contributed by atoms with Gasteiger partial charge in [0.2, 0.25) is 5.91 Å². The van der Waals surface area contributed by atoms with Crippen LogP contribution in [0.4, 0.5) is 0 Å². The van der Waals surface area contributed by atoms with E-state index in [0.29, 0.717) is 23.9 Å². The summed E-state index contributed by atoms with van der Waals surface area (Å²) in [6.45, 7) is 8.43. The largest absolute Gasteiger partial charge is 0.481 e. The number of benzene rings is 1. The smallest absolute Gasteiger partial charge is 0.314 e. The Bertz CT molecular complexity index is 484. The van der Waals surface area contributed by atoms with Crippen molar-refractivity contribution in [1.29, 1.82) is 0 Å². The van der Waals surface area contributed by atoms with Gasteiger partial charge in [0.25, 0.3) is 0 Å². The molecule has 0 aliphatic carbocycles. The summed E-state index contributed by atoms with van der Waals surface area (Å²) in [5.41, 5.74) is -0.559. The first-order valence-corrected chi connectivity index (χ1v) is 7.33. The molecule has 2 unspecified atom stereocenters. The first kappa shape index (κ1) is 17.2. The second-order valence-electron chi connectivity index (χ2n) is 6.21. The van der Waals surface area contributed by atoms with Crippen molar-refractivity contribution in [3.05, 3.63) is 35.9 Å². The summed E-state index contributed by atoms with van der Waals surface area (Å²) in [5.74, 6) is -0.371. The molecule has 116 valence electrons. The van der Waals surface area contributed by atoms with Crippen LogP contribution in [0.1, 0.15) is 39.7 Å². The van der Waals surface area contributed by atoms with Crippen molar-refractivity contribution in [3.8, 4) is 0 Å². The van der Waals surface area contributed by atoms with Gasteiger partial charge in [-0.15, -0.1) is 0 Å². The van der Waals surface area contributed by atoms with E-state index in [4.69, 9.17) is 0 Å². The first-order chi connectivity index (χ1) is 9.77. The number of carbonyl (C=O) groups excluding carboxylic acids is 1. The fourth-order valence-corrected chi connectivity index (χ4v) is 2.00. The lowest BCUT2D eigenvalue weighted by molar-refractivity contribution is -0.145. The van der Waals surface area contributed by atoms with Gasteiger partial charge < -0.3 is 10.4 Å². The third kappa shape index (κ3) is 4.59. The van der Waals surface area contributed by atoms with Crippen LogP contribution in [-0.4, -0.2) is 23.5 Å². The van der Waals surface area contributed by atoms with E-state index in [1.165, 1.54) is 0 Å².